The van der Waals surface area contributed by atoms with E-state index < -0.39 is 0 Å². The summed E-state index contributed by atoms with van der Waals surface area (Å²) in [6.45, 7) is 0. The fourth-order valence-corrected chi connectivity index (χ4v) is 2.97. The molecule has 22 heavy (non-hydrogen) atoms. The summed E-state index contributed by atoms with van der Waals surface area (Å²) in [5.41, 5.74) is 2.18. The van der Waals surface area contributed by atoms with E-state index in [0.29, 0.717) is 5.69 Å². The van der Waals surface area contributed by atoms with E-state index in [-0.39, 0.29) is 11.9 Å². The second kappa shape index (κ2) is 5.23. The third kappa shape index (κ3) is 2.14. The lowest BCUT2D eigenvalue weighted by Crippen LogP contribution is -2.31. The minimum absolute atomic E-state index is 0.245. The summed E-state index contributed by atoms with van der Waals surface area (Å²) in [6.07, 6.45) is 0. The molecular formula is C16H11N3O2S. The van der Waals surface area contributed by atoms with Crippen LogP contribution in [-0.2, 0) is 0 Å². The van der Waals surface area contributed by atoms with Gasteiger partial charge in [0.2, 0.25) is 0 Å². The van der Waals surface area contributed by atoms with Crippen molar-refractivity contribution in [3.63, 3.8) is 0 Å². The third-order valence-electron chi connectivity index (χ3n) is 3.55. The van der Waals surface area contributed by atoms with Crippen molar-refractivity contribution in [2.24, 2.45) is 0 Å². The van der Waals surface area contributed by atoms with E-state index in [2.05, 4.69) is 14.9 Å². The fraction of sp³-hybridized carbons (Fsp3) is 0.0625. The van der Waals surface area contributed by atoms with E-state index in [0.717, 1.165) is 34.2 Å². The molecule has 0 spiro atoms. The second-order valence-corrected chi connectivity index (χ2v) is 5.48. The highest BCUT2D eigenvalue weighted by Crippen LogP contribution is 2.42. The Bertz CT molecular complexity index is 787. The van der Waals surface area contributed by atoms with E-state index in [4.69, 9.17) is 4.74 Å². The Hall–Kier alpha value is -2.73. The molecule has 108 valence electrons. The first kappa shape index (κ1) is 13.0. The van der Waals surface area contributed by atoms with Crippen LogP contribution in [0.4, 0.5) is 0 Å². The second-order valence-electron chi connectivity index (χ2n) is 4.87. The highest BCUT2D eigenvalue weighted by Gasteiger charge is 2.28. The van der Waals surface area contributed by atoms with E-state index in [1.807, 2.05) is 48.5 Å². The Kier molecular flexibility index (Phi) is 3.08. The monoisotopic (exact) mass is 309 g/mol. The Morgan fingerprint density at radius 3 is 2.27 bits per heavy atom. The molecule has 5 nitrogen and oxygen atoms in total. The van der Waals surface area contributed by atoms with Crippen LogP contribution in [0.5, 0.6) is 11.5 Å². The summed E-state index contributed by atoms with van der Waals surface area (Å²) in [7, 11) is 0. The molecule has 1 aromatic heterocycles. The molecule has 0 fully saturated rings. The van der Waals surface area contributed by atoms with Crippen LogP contribution in [0.25, 0.3) is 0 Å². The number of carbonyl (C=O) groups excluding carboxylic acids is 1. The molecule has 0 atom stereocenters. The van der Waals surface area contributed by atoms with Gasteiger partial charge in [-0.2, -0.15) is 0 Å². The molecule has 6 heteroatoms. The maximum Gasteiger partial charge on any atom is 0.273 e. The quantitative estimate of drug-likeness (QED) is 0.790. The SMILES string of the molecule is O=C(NC1c2ccccc2Oc2ccccc21)c1csnn1. The Morgan fingerprint density at radius 1 is 1.05 bits per heavy atom. The number of hydrogen-bond acceptors (Lipinski definition) is 5. The predicted molar refractivity (Wildman–Crippen MR) is 82.2 cm³/mol. The summed E-state index contributed by atoms with van der Waals surface area (Å²) >= 11 is 1.15. The van der Waals surface area contributed by atoms with Crippen molar-refractivity contribution < 1.29 is 9.53 Å². The van der Waals surface area contributed by atoms with E-state index in [1.54, 1.807) is 5.38 Å². The number of rotatable bonds is 2. The van der Waals surface area contributed by atoms with Gasteiger partial charge in [0.05, 0.1) is 6.04 Å². The van der Waals surface area contributed by atoms with Gasteiger partial charge in [0.25, 0.3) is 5.91 Å². The molecule has 2 aromatic carbocycles. The molecule has 2 heterocycles. The lowest BCUT2D eigenvalue weighted by Gasteiger charge is -2.28. The molecule has 1 aliphatic heterocycles. The first-order chi connectivity index (χ1) is 10.8. The number of carbonyl (C=O) groups is 1. The molecular weight excluding hydrogens is 298 g/mol. The van der Waals surface area contributed by atoms with Gasteiger partial charge in [0, 0.05) is 16.5 Å². The van der Waals surface area contributed by atoms with Gasteiger partial charge < -0.3 is 10.1 Å². The smallest absolute Gasteiger partial charge is 0.273 e. The van der Waals surface area contributed by atoms with Crippen LogP contribution in [0.2, 0.25) is 0 Å². The Balaban J connectivity index is 1.76. The van der Waals surface area contributed by atoms with E-state index in [9.17, 15) is 4.79 Å². The minimum Gasteiger partial charge on any atom is -0.457 e. The van der Waals surface area contributed by atoms with Crippen molar-refractivity contribution in [1.82, 2.24) is 14.9 Å². The van der Waals surface area contributed by atoms with Gasteiger partial charge in [-0.25, -0.2) is 0 Å². The third-order valence-corrected chi connectivity index (χ3v) is 4.05. The predicted octanol–water partition coefficient (Wildman–Crippen LogP) is 3.16. The molecule has 0 bridgehead atoms. The first-order valence-electron chi connectivity index (χ1n) is 6.76. The van der Waals surface area contributed by atoms with Gasteiger partial charge in [-0.05, 0) is 23.7 Å². The fourth-order valence-electron chi connectivity index (χ4n) is 2.53. The zero-order valence-corrected chi connectivity index (χ0v) is 12.2. The number of amides is 1. The van der Waals surface area contributed by atoms with Crippen LogP contribution in [0, 0.1) is 0 Å². The lowest BCUT2D eigenvalue weighted by molar-refractivity contribution is 0.0936. The molecule has 0 radical (unpaired) electrons. The molecule has 0 saturated heterocycles. The molecule has 4 rings (SSSR count). The summed E-state index contributed by atoms with van der Waals surface area (Å²) in [4.78, 5) is 12.3. The number of ether oxygens (including phenoxy) is 1. The van der Waals surface area contributed by atoms with Crippen molar-refractivity contribution in [1.29, 1.82) is 0 Å². The summed E-state index contributed by atoms with van der Waals surface area (Å²) in [6, 6.07) is 15.1. The van der Waals surface area contributed by atoms with Crippen LogP contribution in [0.1, 0.15) is 27.7 Å². The van der Waals surface area contributed by atoms with Crippen LogP contribution in [-0.4, -0.2) is 15.5 Å². The van der Waals surface area contributed by atoms with Crippen LogP contribution in [0.3, 0.4) is 0 Å². The van der Waals surface area contributed by atoms with Crippen molar-refractivity contribution in [2.75, 3.05) is 0 Å². The highest BCUT2D eigenvalue weighted by molar-refractivity contribution is 7.03. The molecule has 0 aliphatic carbocycles. The maximum absolute atomic E-state index is 12.3. The number of nitrogens with one attached hydrogen (secondary N) is 1. The number of nitrogens with zero attached hydrogens (tertiary/aromatic N) is 2. The van der Waals surface area contributed by atoms with Gasteiger partial charge >= 0.3 is 0 Å². The van der Waals surface area contributed by atoms with E-state index >= 15 is 0 Å². The van der Waals surface area contributed by atoms with Crippen LogP contribution in [0.15, 0.2) is 53.9 Å². The number of para-hydroxylation sites is 2. The lowest BCUT2D eigenvalue weighted by atomic mass is 9.94. The zero-order valence-electron chi connectivity index (χ0n) is 11.4. The van der Waals surface area contributed by atoms with Crippen molar-refractivity contribution in [3.05, 3.63) is 70.7 Å². The highest BCUT2D eigenvalue weighted by atomic mass is 32.1. The molecule has 1 amide bonds. The van der Waals surface area contributed by atoms with Gasteiger partial charge in [-0.3, -0.25) is 4.79 Å². The van der Waals surface area contributed by atoms with Crippen LogP contribution >= 0.6 is 11.5 Å². The molecule has 3 aromatic rings. The molecule has 0 saturated carbocycles. The van der Waals surface area contributed by atoms with Gasteiger partial charge in [-0.15, -0.1) is 5.10 Å². The summed E-state index contributed by atoms with van der Waals surface area (Å²) in [5, 5.41) is 8.47. The molecule has 0 unspecified atom stereocenters. The summed E-state index contributed by atoms with van der Waals surface area (Å²) < 4.78 is 9.63. The number of hydrogen-bond donors (Lipinski definition) is 1. The van der Waals surface area contributed by atoms with Gasteiger partial charge in [0.15, 0.2) is 5.69 Å². The number of benzene rings is 2. The van der Waals surface area contributed by atoms with Gasteiger partial charge in [-0.1, -0.05) is 40.9 Å². The standard InChI is InChI=1S/C16H11N3O2S/c20-16(12-9-22-19-18-12)17-15-10-5-1-3-7-13(10)21-14-8-4-2-6-11(14)15/h1-9,15H,(H,17,20). The van der Waals surface area contributed by atoms with E-state index in [1.165, 1.54) is 0 Å². The Morgan fingerprint density at radius 2 is 1.68 bits per heavy atom. The minimum atomic E-state index is -0.268. The number of fused-ring (bicyclic) bond motifs is 2. The Labute approximate surface area is 130 Å². The first-order valence-corrected chi connectivity index (χ1v) is 7.60. The largest absolute Gasteiger partial charge is 0.457 e. The average Bonchev–Trinajstić information content (AvgIpc) is 3.09. The van der Waals surface area contributed by atoms with Crippen LogP contribution < -0.4 is 10.1 Å². The van der Waals surface area contributed by atoms with Gasteiger partial charge in [0.1, 0.15) is 11.5 Å². The topological polar surface area (TPSA) is 64.1 Å². The van der Waals surface area contributed by atoms with Crippen molar-refractivity contribution in [2.45, 2.75) is 6.04 Å². The van der Waals surface area contributed by atoms with Crippen molar-refractivity contribution in [3.8, 4) is 11.5 Å². The normalized spacial score (nSPS) is 12.9. The molecule has 1 aliphatic rings. The maximum atomic E-state index is 12.3. The zero-order chi connectivity index (χ0) is 14.9. The number of aromatic nitrogens is 2. The molecule has 1 N–H and O–H groups in total. The van der Waals surface area contributed by atoms with Crippen molar-refractivity contribution >= 4 is 17.4 Å². The summed E-state index contributed by atoms with van der Waals surface area (Å²) in [5.74, 6) is 1.26. The average molecular weight is 309 g/mol.